The maximum atomic E-state index is 3.48. The smallest absolute Gasteiger partial charge is 0.101 e. The lowest BCUT2D eigenvalue weighted by atomic mass is 10.9. The quantitative estimate of drug-likeness (QED) is 0.518. The molecule has 0 aromatic heterocycles. The third-order valence-corrected chi connectivity index (χ3v) is 6.63. The van der Waals surface area contributed by atoms with Crippen molar-refractivity contribution >= 4 is 19.4 Å². The van der Waals surface area contributed by atoms with Crippen molar-refractivity contribution < 1.29 is 0 Å². The van der Waals surface area contributed by atoms with Gasteiger partial charge in [-0.1, -0.05) is 25.9 Å². The number of hydrogen-bond donors (Lipinski definition) is 1. The molecule has 0 aliphatic rings. The van der Waals surface area contributed by atoms with E-state index in [0.29, 0.717) is 0 Å². The first-order chi connectivity index (χ1) is 3.35. The molecule has 0 unspecified atom stereocenters. The summed E-state index contributed by atoms with van der Waals surface area (Å²) in [5.74, 6) is 0. The van der Waals surface area contributed by atoms with Crippen molar-refractivity contribution in [3.63, 3.8) is 0 Å². The minimum atomic E-state index is -0.360. The third kappa shape index (κ3) is 3.02. The summed E-state index contributed by atoms with van der Waals surface area (Å²) in [6.45, 7) is 4.57. The van der Waals surface area contributed by atoms with Gasteiger partial charge in [0, 0.05) is 0 Å². The zero-order chi connectivity index (χ0) is 5.70. The fourth-order valence-electron chi connectivity index (χ4n) is 0.697. The van der Waals surface area contributed by atoms with E-state index in [-0.39, 0.29) is 8.96 Å². The predicted octanol–water partition coefficient (Wildman–Crippen LogP) is -0.380. The molecule has 44 valence electrons. The van der Waals surface area contributed by atoms with Crippen molar-refractivity contribution in [1.29, 1.82) is 0 Å². The largest absolute Gasteiger partial charge is 0.369 e. The lowest BCUT2D eigenvalue weighted by Crippen LogP contribution is -2.29. The SMILES string of the molecule is CC[SiH](CC)N[SiH3]. The van der Waals surface area contributed by atoms with Crippen molar-refractivity contribution in [3.05, 3.63) is 0 Å². The molecule has 0 heterocycles. The Morgan fingerprint density at radius 3 is 1.86 bits per heavy atom. The average molecular weight is 133 g/mol. The zero-order valence-electron chi connectivity index (χ0n) is 5.49. The Bertz CT molecular complexity index is 31.2. The van der Waals surface area contributed by atoms with Crippen LogP contribution in [-0.4, -0.2) is 19.4 Å². The normalized spacial score (nSPS) is 10.7. The first-order valence-electron chi connectivity index (χ1n) is 3.02. The van der Waals surface area contributed by atoms with Crippen LogP contribution in [0.5, 0.6) is 0 Å². The number of hydrogen-bond acceptors (Lipinski definition) is 1. The Morgan fingerprint density at radius 1 is 1.43 bits per heavy atom. The van der Waals surface area contributed by atoms with Crippen LogP contribution in [0.3, 0.4) is 0 Å². The molecule has 0 saturated carbocycles. The molecular formula is C4H15NSi2. The van der Waals surface area contributed by atoms with E-state index in [9.17, 15) is 0 Å². The fourth-order valence-corrected chi connectivity index (χ4v) is 4.54. The van der Waals surface area contributed by atoms with Crippen LogP contribution in [0, 0.1) is 0 Å². The summed E-state index contributed by atoms with van der Waals surface area (Å²) in [6, 6.07) is 2.83. The van der Waals surface area contributed by atoms with Crippen molar-refractivity contribution in [1.82, 2.24) is 4.65 Å². The molecule has 0 saturated heterocycles. The monoisotopic (exact) mass is 133 g/mol. The predicted molar refractivity (Wildman–Crippen MR) is 41.2 cm³/mol. The summed E-state index contributed by atoms with van der Waals surface area (Å²) in [5.41, 5.74) is 0. The van der Waals surface area contributed by atoms with E-state index in [4.69, 9.17) is 0 Å². The fraction of sp³-hybridized carbons (Fsp3) is 1.00. The summed E-state index contributed by atoms with van der Waals surface area (Å²) in [4.78, 5) is 0. The van der Waals surface area contributed by atoms with E-state index in [0.717, 1.165) is 0 Å². The van der Waals surface area contributed by atoms with Gasteiger partial charge in [-0.25, -0.2) is 0 Å². The second-order valence-corrected chi connectivity index (χ2v) is 7.14. The molecule has 1 nitrogen and oxygen atoms in total. The highest BCUT2D eigenvalue weighted by Crippen LogP contribution is 1.89. The Balaban J connectivity index is 2.99. The zero-order valence-corrected chi connectivity index (χ0v) is 8.65. The lowest BCUT2D eigenvalue weighted by Gasteiger charge is -2.05. The number of nitrogens with one attached hydrogen (secondary N) is 1. The van der Waals surface area contributed by atoms with Gasteiger partial charge in [0.15, 0.2) is 0 Å². The molecular weight excluding hydrogens is 118 g/mol. The van der Waals surface area contributed by atoms with E-state index < -0.39 is 0 Å². The Hall–Kier alpha value is 0.394. The molecule has 0 fully saturated rings. The Labute approximate surface area is 50.7 Å². The van der Waals surface area contributed by atoms with Gasteiger partial charge in [-0.05, 0) is 0 Å². The second kappa shape index (κ2) is 4.55. The Morgan fingerprint density at radius 2 is 1.86 bits per heavy atom. The average Bonchev–Trinajstić information content (AvgIpc) is 1.72. The van der Waals surface area contributed by atoms with Gasteiger partial charge in [0.1, 0.15) is 8.96 Å². The van der Waals surface area contributed by atoms with Crippen molar-refractivity contribution in [3.8, 4) is 0 Å². The van der Waals surface area contributed by atoms with Gasteiger partial charge in [0.25, 0.3) is 0 Å². The first kappa shape index (κ1) is 7.39. The molecule has 0 aromatic rings. The van der Waals surface area contributed by atoms with E-state index in [2.05, 4.69) is 18.5 Å². The molecule has 0 atom stereocenters. The van der Waals surface area contributed by atoms with Crippen LogP contribution in [0.25, 0.3) is 0 Å². The molecule has 0 spiro atoms. The van der Waals surface area contributed by atoms with Crippen LogP contribution in [0.2, 0.25) is 12.1 Å². The highest BCUT2D eigenvalue weighted by atomic mass is 28.3. The second-order valence-electron chi connectivity index (χ2n) is 1.80. The van der Waals surface area contributed by atoms with Crippen LogP contribution in [0.4, 0.5) is 0 Å². The molecule has 7 heavy (non-hydrogen) atoms. The maximum absolute atomic E-state index is 3.48. The van der Waals surface area contributed by atoms with E-state index >= 15 is 0 Å². The van der Waals surface area contributed by atoms with Gasteiger partial charge in [-0.15, -0.1) is 0 Å². The standard InChI is InChI=1S/C4H15NSi2/c1-3-7(4-2)5-6/h5,7H,3-4H2,1-2,6H3. The molecule has 1 N–H and O–H groups in total. The van der Waals surface area contributed by atoms with Gasteiger partial charge in [0.05, 0.1) is 10.4 Å². The lowest BCUT2D eigenvalue weighted by molar-refractivity contribution is 1.25. The molecule has 0 rings (SSSR count). The molecule has 3 heteroatoms. The van der Waals surface area contributed by atoms with E-state index in [1.165, 1.54) is 22.5 Å². The van der Waals surface area contributed by atoms with E-state index in [1.54, 1.807) is 0 Å². The summed E-state index contributed by atoms with van der Waals surface area (Å²) >= 11 is 0. The highest BCUT2D eigenvalue weighted by molar-refractivity contribution is 6.61. The van der Waals surface area contributed by atoms with Crippen molar-refractivity contribution in [2.24, 2.45) is 0 Å². The van der Waals surface area contributed by atoms with Gasteiger partial charge >= 0.3 is 0 Å². The summed E-state index contributed by atoms with van der Waals surface area (Å²) in [5, 5.41) is 0. The molecule has 0 aromatic carbocycles. The topological polar surface area (TPSA) is 12.0 Å². The minimum Gasteiger partial charge on any atom is -0.369 e. The van der Waals surface area contributed by atoms with Gasteiger partial charge in [-0.3, -0.25) is 0 Å². The molecule has 0 radical (unpaired) electrons. The van der Waals surface area contributed by atoms with Gasteiger partial charge in [0.2, 0.25) is 0 Å². The summed E-state index contributed by atoms with van der Waals surface area (Å²) < 4.78 is 3.48. The van der Waals surface area contributed by atoms with Gasteiger partial charge < -0.3 is 4.65 Å². The molecule has 0 bridgehead atoms. The third-order valence-electron chi connectivity index (χ3n) is 1.39. The first-order valence-corrected chi connectivity index (χ1v) is 6.23. The molecule has 0 aliphatic carbocycles. The maximum Gasteiger partial charge on any atom is 0.101 e. The Kier molecular flexibility index (Phi) is 4.81. The minimum absolute atomic E-state index is 0.360. The van der Waals surface area contributed by atoms with Gasteiger partial charge in [-0.2, -0.15) is 0 Å². The van der Waals surface area contributed by atoms with Crippen molar-refractivity contribution in [2.45, 2.75) is 25.9 Å². The molecule has 0 amide bonds. The summed E-state index contributed by atoms with van der Waals surface area (Å²) in [6.07, 6.45) is 0. The highest BCUT2D eigenvalue weighted by Gasteiger charge is 1.97. The number of rotatable bonds is 3. The van der Waals surface area contributed by atoms with Crippen molar-refractivity contribution in [2.75, 3.05) is 0 Å². The summed E-state index contributed by atoms with van der Waals surface area (Å²) in [7, 11) is 0.844. The van der Waals surface area contributed by atoms with Crippen LogP contribution in [-0.2, 0) is 0 Å². The van der Waals surface area contributed by atoms with Crippen LogP contribution in [0.1, 0.15) is 13.8 Å². The van der Waals surface area contributed by atoms with Crippen LogP contribution < -0.4 is 4.65 Å². The molecule has 0 aliphatic heterocycles. The van der Waals surface area contributed by atoms with E-state index in [1.807, 2.05) is 0 Å². The van der Waals surface area contributed by atoms with Crippen LogP contribution in [0.15, 0.2) is 0 Å². The van der Waals surface area contributed by atoms with Crippen LogP contribution >= 0.6 is 0 Å².